The summed E-state index contributed by atoms with van der Waals surface area (Å²) in [6.07, 6.45) is 6.05. The molecule has 138 valence electrons. The zero-order valence-electron chi connectivity index (χ0n) is 15.1. The Bertz CT molecular complexity index is 870. The highest BCUT2D eigenvalue weighted by molar-refractivity contribution is 7.90. The van der Waals surface area contributed by atoms with Gasteiger partial charge in [0, 0.05) is 6.26 Å². The molecule has 0 unspecified atom stereocenters. The van der Waals surface area contributed by atoms with Gasteiger partial charge in [-0.2, -0.15) is 0 Å². The minimum absolute atomic E-state index is 0.00613. The van der Waals surface area contributed by atoms with Crippen molar-refractivity contribution in [2.24, 2.45) is 0 Å². The van der Waals surface area contributed by atoms with E-state index in [0.29, 0.717) is 10.9 Å². The number of benzene rings is 2. The van der Waals surface area contributed by atoms with Gasteiger partial charge in [-0.05, 0) is 67.7 Å². The summed E-state index contributed by atoms with van der Waals surface area (Å²) in [5.41, 5.74) is 2.62. The predicted molar refractivity (Wildman–Crippen MR) is 102 cm³/mol. The quantitative estimate of drug-likeness (QED) is 0.824. The molecule has 2 atom stereocenters. The van der Waals surface area contributed by atoms with Gasteiger partial charge >= 0.3 is 0 Å². The molecule has 1 fully saturated rings. The first-order valence-electron chi connectivity index (χ1n) is 9.31. The third-order valence-electron chi connectivity index (χ3n) is 5.51. The molecule has 1 aliphatic heterocycles. The van der Waals surface area contributed by atoms with Gasteiger partial charge in [0.05, 0.1) is 10.9 Å². The van der Waals surface area contributed by atoms with Crippen molar-refractivity contribution < 1.29 is 13.2 Å². The van der Waals surface area contributed by atoms with Crippen LogP contribution in [-0.4, -0.2) is 38.7 Å². The smallest absolute Gasteiger partial charge is 0.175 e. The predicted octanol–water partition coefficient (Wildman–Crippen LogP) is 3.62. The zero-order chi connectivity index (χ0) is 18.1. The molecule has 0 bridgehead atoms. The van der Waals surface area contributed by atoms with Crippen molar-refractivity contribution in [1.29, 1.82) is 0 Å². The van der Waals surface area contributed by atoms with Crippen LogP contribution < -0.4 is 4.74 Å². The van der Waals surface area contributed by atoms with E-state index in [1.165, 1.54) is 36.6 Å². The maximum Gasteiger partial charge on any atom is 0.175 e. The van der Waals surface area contributed by atoms with E-state index in [1.54, 1.807) is 24.3 Å². The molecular formula is C21H25NO3S. The van der Waals surface area contributed by atoms with Crippen LogP contribution in [0.1, 0.15) is 36.5 Å². The minimum atomic E-state index is -3.19. The molecule has 0 aromatic heterocycles. The second-order valence-electron chi connectivity index (χ2n) is 7.35. The normalized spacial score (nSPS) is 23.6. The Labute approximate surface area is 155 Å². The fraction of sp³-hybridized carbons (Fsp3) is 0.429. The van der Waals surface area contributed by atoms with Crippen molar-refractivity contribution in [2.75, 3.05) is 19.3 Å². The summed E-state index contributed by atoms with van der Waals surface area (Å²) >= 11 is 0. The highest BCUT2D eigenvalue weighted by atomic mass is 32.2. The van der Waals surface area contributed by atoms with Gasteiger partial charge in [0.2, 0.25) is 0 Å². The number of hydrogen-bond acceptors (Lipinski definition) is 4. The highest BCUT2D eigenvalue weighted by Gasteiger charge is 2.38. The van der Waals surface area contributed by atoms with Gasteiger partial charge in [-0.3, -0.25) is 4.90 Å². The number of rotatable bonds is 4. The van der Waals surface area contributed by atoms with E-state index in [4.69, 9.17) is 4.74 Å². The average molecular weight is 372 g/mol. The van der Waals surface area contributed by atoms with Crippen molar-refractivity contribution in [2.45, 2.75) is 42.7 Å². The molecular weight excluding hydrogens is 346 g/mol. The first kappa shape index (κ1) is 17.6. The second kappa shape index (κ2) is 7.05. The molecule has 1 heterocycles. The average Bonchev–Trinajstić information content (AvgIpc) is 3.01. The Kier molecular flexibility index (Phi) is 4.76. The highest BCUT2D eigenvalue weighted by Crippen LogP contribution is 2.39. The monoisotopic (exact) mass is 371 g/mol. The van der Waals surface area contributed by atoms with Gasteiger partial charge in [0.25, 0.3) is 0 Å². The Balaban J connectivity index is 1.60. The van der Waals surface area contributed by atoms with Crippen LogP contribution in [-0.2, 0) is 16.3 Å². The molecule has 2 aliphatic rings. The third-order valence-corrected chi connectivity index (χ3v) is 6.64. The van der Waals surface area contributed by atoms with Crippen LogP contribution in [0.2, 0.25) is 0 Å². The molecule has 4 nitrogen and oxygen atoms in total. The Morgan fingerprint density at radius 2 is 1.65 bits per heavy atom. The standard InChI is InChI=1S/C21H25NO3S/c1-26(23,24)18-11-9-17(10-12-18)25-21-19-8-4-3-7-16(19)15-20(21)22-13-5-2-6-14-22/h3-4,7-12,20-21H,2,5-6,13-15H2,1H3/t20-,21-/m0/s1. The molecule has 0 N–H and O–H groups in total. The SMILES string of the molecule is CS(=O)(=O)c1ccc(O[C@H]2c3ccccc3C[C@@H]2N2CCCCC2)cc1. The third kappa shape index (κ3) is 3.51. The zero-order valence-corrected chi connectivity index (χ0v) is 15.9. The lowest BCUT2D eigenvalue weighted by atomic mass is 10.0. The van der Waals surface area contributed by atoms with Crippen molar-refractivity contribution >= 4 is 9.84 Å². The van der Waals surface area contributed by atoms with Crippen LogP contribution in [0.3, 0.4) is 0 Å². The van der Waals surface area contributed by atoms with Crippen molar-refractivity contribution in [3.05, 3.63) is 59.7 Å². The van der Waals surface area contributed by atoms with Crippen LogP contribution in [0.25, 0.3) is 0 Å². The van der Waals surface area contributed by atoms with E-state index < -0.39 is 9.84 Å². The largest absolute Gasteiger partial charge is 0.484 e. The van der Waals surface area contributed by atoms with Crippen molar-refractivity contribution in [3.63, 3.8) is 0 Å². The van der Waals surface area contributed by atoms with Crippen LogP contribution in [0.5, 0.6) is 5.75 Å². The molecule has 1 saturated heterocycles. The molecule has 0 saturated carbocycles. The van der Waals surface area contributed by atoms with Gasteiger partial charge in [0.1, 0.15) is 11.9 Å². The molecule has 0 spiro atoms. The number of piperidine rings is 1. The van der Waals surface area contributed by atoms with Gasteiger partial charge < -0.3 is 4.74 Å². The molecule has 26 heavy (non-hydrogen) atoms. The maximum absolute atomic E-state index is 11.7. The molecule has 1 aliphatic carbocycles. The number of likely N-dealkylation sites (tertiary alicyclic amines) is 1. The van der Waals surface area contributed by atoms with E-state index >= 15 is 0 Å². The van der Waals surface area contributed by atoms with E-state index in [-0.39, 0.29) is 6.10 Å². The topological polar surface area (TPSA) is 46.6 Å². The number of nitrogens with zero attached hydrogens (tertiary/aromatic N) is 1. The van der Waals surface area contributed by atoms with Gasteiger partial charge in [0.15, 0.2) is 9.84 Å². The first-order valence-corrected chi connectivity index (χ1v) is 11.2. The number of fused-ring (bicyclic) bond motifs is 1. The first-order chi connectivity index (χ1) is 12.5. The Morgan fingerprint density at radius 1 is 0.962 bits per heavy atom. The number of sulfone groups is 1. The molecule has 0 radical (unpaired) electrons. The fourth-order valence-electron chi connectivity index (χ4n) is 4.16. The second-order valence-corrected chi connectivity index (χ2v) is 9.36. The summed E-state index contributed by atoms with van der Waals surface area (Å²) in [6.45, 7) is 2.26. The van der Waals surface area contributed by atoms with E-state index in [0.717, 1.165) is 25.3 Å². The lowest BCUT2D eigenvalue weighted by Gasteiger charge is -2.35. The molecule has 4 rings (SSSR count). The van der Waals surface area contributed by atoms with Crippen molar-refractivity contribution in [1.82, 2.24) is 4.90 Å². The number of hydrogen-bond donors (Lipinski definition) is 0. The van der Waals surface area contributed by atoms with Gasteiger partial charge in [-0.1, -0.05) is 30.7 Å². The number of ether oxygens (including phenoxy) is 1. The van der Waals surface area contributed by atoms with E-state index in [2.05, 4.69) is 29.2 Å². The van der Waals surface area contributed by atoms with Gasteiger partial charge in [-0.15, -0.1) is 0 Å². The summed E-state index contributed by atoms with van der Waals surface area (Å²) in [6, 6.07) is 15.7. The van der Waals surface area contributed by atoms with Crippen LogP contribution >= 0.6 is 0 Å². The summed E-state index contributed by atoms with van der Waals surface area (Å²) in [4.78, 5) is 2.89. The van der Waals surface area contributed by atoms with Crippen LogP contribution in [0.15, 0.2) is 53.4 Å². The minimum Gasteiger partial charge on any atom is -0.484 e. The Morgan fingerprint density at radius 3 is 2.35 bits per heavy atom. The molecule has 2 aromatic rings. The molecule has 0 amide bonds. The lowest BCUT2D eigenvalue weighted by molar-refractivity contribution is 0.0647. The maximum atomic E-state index is 11.7. The molecule has 5 heteroatoms. The van der Waals surface area contributed by atoms with E-state index in [9.17, 15) is 8.42 Å². The summed E-state index contributed by atoms with van der Waals surface area (Å²) in [5, 5.41) is 0. The summed E-state index contributed by atoms with van der Waals surface area (Å²) in [7, 11) is -3.19. The van der Waals surface area contributed by atoms with Gasteiger partial charge in [-0.25, -0.2) is 8.42 Å². The fourth-order valence-corrected chi connectivity index (χ4v) is 4.79. The van der Waals surface area contributed by atoms with E-state index in [1.807, 2.05) is 0 Å². The summed E-state index contributed by atoms with van der Waals surface area (Å²) < 4.78 is 29.7. The lowest BCUT2D eigenvalue weighted by Crippen LogP contribution is -2.43. The van der Waals surface area contributed by atoms with Crippen LogP contribution in [0, 0.1) is 0 Å². The van der Waals surface area contributed by atoms with Crippen LogP contribution in [0.4, 0.5) is 0 Å². The Hall–Kier alpha value is -1.85. The summed E-state index contributed by atoms with van der Waals surface area (Å²) in [5.74, 6) is 0.723. The molecule has 2 aromatic carbocycles. The van der Waals surface area contributed by atoms with Crippen molar-refractivity contribution in [3.8, 4) is 5.75 Å².